The zero-order valence-corrected chi connectivity index (χ0v) is 13.9. The van der Waals surface area contributed by atoms with Gasteiger partial charge in [-0.15, -0.1) is 0 Å². The zero-order chi connectivity index (χ0) is 17.7. The Kier molecular flexibility index (Phi) is 3.31. The summed E-state index contributed by atoms with van der Waals surface area (Å²) in [6.45, 7) is 0. The lowest BCUT2D eigenvalue weighted by Gasteiger charge is -2.38. The molecule has 2 N–H and O–H groups in total. The highest BCUT2D eigenvalue weighted by Crippen LogP contribution is 2.42. The molecule has 6 heteroatoms. The molecule has 1 amide bonds. The Labute approximate surface area is 149 Å². The van der Waals surface area contributed by atoms with Crippen LogP contribution in [0, 0.1) is 5.82 Å². The number of fused-ring (bicyclic) bond motifs is 1. The molecule has 1 saturated carbocycles. The highest BCUT2D eigenvalue weighted by molar-refractivity contribution is 6.02. The topological polar surface area (TPSA) is 61.0 Å². The molecular formula is C20H17FN4O. The van der Waals surface area contributed by atoms with Gasteiger partial charge in [-0.3, -0.25) is 9.89 Å². The molecule has 1 unspecified atom stereocenters. The van der Waals surface area contributed by atoms with Gasteiger partial charge in [0, 0.05) is 22.9 Å². The van der Waals surface area contributed by atoms with Crippen molar-refractivity contribution in [2.45, 2.75) is 25.0 Å². The van der Waals surface area contributed by atoms with E-state index in [9.17, 15) is 9.18 Å². The van der Waals surface area contributed by atoms with Crippen molar-refractivity contribution in [3.05, 3.63) is 71.7 Å². The van der Waals surface area contributed by atoms with Crippen LogP contribution < -0.4 is 5.32 Å². The van der Waals surface area contributed by atoms with Crippen LogP contribution in [0.15, 0.2) is 54.7 Å². The first-order valence-electron chi connectivity index (χ1n) is 8.70. The summed E-state index contributed by atoms with van der Waals surface area (Å²) in [6, 6.07) is 14.1. The lowest BCUT2D eigenvalue weighted by molar-refractivity contribution is 0.0667. The van der Waals surface area contributed by atoms with E-state index in [2.05, 4.69) is 15.5 Å². The largest absolute Gasteiger partial charge is 0.361 e. The van der Waals surface area contributed by atoms with Crippen molar-refractivity contribution < 1.29 is 9.18 Å². The predicted molar refractivity (Wildman–Crippen MR) is 96.0 cm³/mol. The fraction of sp³-hybridized carbons (Fsp3) is 0.200. The molecular weight excluding hydrogens is 331 g/mol. The fourth-order valence-corrected chi connectivity index (χ4v) is 3.58. The Hall–Kier alpha value is -3.15. The number of aromatic amines is 1. The summed E-state index contributed by atoms with van der Waals surface area (Å²) >= 11 is 0. The van der Waals surface area contributed by atoms with Gasteiger partial charge in [0.15, 0.2) is 0 Å². The molecule has 0 bridgehead atoms. The van der Waals surface area contributed by atoms with Crippen LogP contribution in [-0.4, -0.2) is 27.0 Å². The van der Waals surface area contributed by atoms with Crippen LogP contribution in [0.1, 0.15) is 34.9 Å². The highest BCUT2D eigenvalue weighted by Gasteiger charge is 2.43. The lowest BCUT2D eigenvalue weighted by atomic mass is 10.0. The number of H-pyrrole nitrogens is 1. The van der Waals surface area contributed by atoms with Crippen molar-refractivity contribution in [3.8, 4) is 11.3 Å². The van der Waals surface area contributed by atoms with E-state index in [0.717, 1.165) is 35.3 Å². The average Bonchev–Trinajstić information content (AvgIpc) is 3.38. The van der Waals surface area contributed by atoms with E-state index in [-0.39, 0.29) is 23.9 Å². The van der Waals surface area contributed by atoms with E-state index in [1.165, 1.54) is 12.1 Å². The average molecular weight is 348 g/mol. The number of aromatic nitrogens is 2. The molecule has 1 fully saturated rings. The van der Waals surface area contributed by atoms with Crippen molar-refractivity contribution in [2.24, 2.45) is 0 Å². The first-order valence-corrected chi connectivity index (χ1v) is 8.70. The number of carbonyl (C=O) groups is 1. The molecule has 2 aliphatic rings. The SMILES string of the molecule is O=C1c2ccccc2NC(c2cn[nH]c2-c2ccc(F)cc2)N1C1CC1. The Morgan fingerprint density at radius 3 is 2.62 bits per heavy atom. The third kappa shape index (κ3) is 2.37. The van der Waals surface area contributed by atoms with Gasteiger partial charge in [0.05, 0.1) is 17.5 Å². The smallest absolute Gasteiger partial charge is 0.258 e. The maximum Gasteiger partial charge on any atom is 0.258 e. The number of nitrogens with zero attached hydrogens (tertiary/aromatic N) is 2. The maximum atomic E-state index is 13.3. The molecule has 1 aliphatic carbocycles. The standard InChI is InChI=1S/C20H17FN4O/c21-13-7-5-12(6-8-13)18-16(11-22-24-18)19-23-17-4-2-1-3-15(17)20(26)25(19)14-9-10-14/h1-8,11,14,19,23H,9-10H2,(H,22,24). The number of nitrogens with one attached hydrogen (secondary N) is 2. The molecule has 0 radical (unpaired) electrons. The Morgan fingerprint density at radius 1 is 1.08 bits per heavy atom. The molecule has 26 heavy (non-hydrogen) atoms. The van der Waals surface area contributed by atoms with Crippen LogP contribution in [-0.2, 0) is 0 Å². The summed E-state index contributed by atoms with van der Waals surface area (Å²) in [5.74, 6) is -0.243. The van der Waals surface area contributed by atoms with Gasteiger partial charge < -0.3 is 10.2 Å². The summed E-state index contributed by atoms with van der Waals surface area (Å²) in [6.07, 6.45) is 3.46. The first kappa shape index (κ1) is 15.1. The van der Waals surface area contributed by atoms with E-state index in [1.54, 1.807) is 18.3 Å². The number of para-hydroxylation sites is 1. The van der Waals surface area contributed by atoms with Gasteiger partial charge in [0.25, 0.3) is 5.91 Å². The van der Waals surface area contributed by atoms with E-state index < -0.39 is 0 Å². The van der Waals surface area contributed by atoms with Crippen molar-refractivity contribution >= 4 is 11.6 Å². The minimum absolute atomic E-state index is 0.0399. The number of rotatable bonds is 3. The van der Waals surface area contributed by atoms with Crippen LogP contribution in [0.5, 0.6) is 0 Å². The molecule has 1 aromatic heterocycles. The summed E-state index contributed by atoms with van der Waals surface area (Å²) < 4.78 is 13.3. The van der Waals surface area contributed by atoms with Crippen molar-refractivity contribution in [1.82, 2.24) is 15.1 Å². The van der Waals surface area contributed by atoms with E-state index in [0.29, 0.717) is 5.56 Å². The molecule has 5 rings (SSSR count). The van der Waals surface area contributed by atoms with Crippen molar-refractivity contribution in [2.75, 3.05) is 5.32 Å². The molecule has 1 atom stereocenters. The van der Waals surface area contributed by atoms with Gasteiger partial charge in [-0.25, -0.2) is 4.39 Å². The Balaban J connectivity index is 1.60. The molecule has 3 aromatic rings. The third-order valence-corrected chi connectivity index (χ3v) is 5.00. The quantitative estimate of drug-likeness (QED) is 0.753. The zero-order valence-electron chi connectivity index (χ0n) is 13.9. The van der Waals surface area contributed by atoms with Crippen LogP contribution in [0.2, 0.25) is 0 Å². The number of carbonyl (C=O) groups excluding carboxylic acids is 1. The summed E-state index contributed by atoms with van der Waals surface area (Å²) in [4.78, 5) is 15.0. The van der Waals surface area contributed by atoms with E-state index in [1.807, 2.05) is 29.2 Å². The summed E-state index contributed by atoms with van der Waals surface area (Å²) in [5.41, 5.74) is 4.03. The Morgan fingerprint density at radius 2 is 1.85 bits per heavy atom. The molecule has 130 valence electrons. The lowest BCUT2D eigenvalue weighted by Crippen LogP contribution is -2.44. The van der Waals surface area contributed by atoms with E-state index in [4.69, 9.17) is 0 Å². The van der Waals surface area contributed by atoms with Gasteiger partial charge in [-0.1, -0.05) is 12.1 Å². The highest BCUT2D eigenvalue weighted by atomic mass is 19.1. The van der Waals surface area contributed by atoms with Gasteiger partial charge in [-0.05, 0) is 49.2 Å². The van der Waals surface area contributed by atoms with Crippen LogP contribution in [0.25, 0.3) is 11.3 Å². The van der Waals surface area contributed by atoms with Crippen molar-refractivity contribution in [1.29, 1.82) is 0 Å². The number of hydrogen-bond donors (Lipinski definition) is 2. The Bertz CT molecular complexity index is 977. The van der Waals surface area contributed by atoms with E-state index >= 15 is 0 Å². The molecule has 2 heterocycles. The van der Waals surface area contributed by atoms with Gasteiger partial charge in [-0.2, -0.15) is 5.10 Å². The third-order valence-electron chi connectivity index (χ3n) is 5.00. The minimum atomic E-state index is -0.302. The number of anilines is 1. The molecule has 0 saturated heterocycles. The first-order chi connectivity index (χ1) is 12.7. The van der Waals surface area contributed by atoms with Gasteiger partial charge >= 0.3 is 0 Å². The number of hydrogen-bond acceptors (Lipinski definition) is 3. The van der Waals surface area contributed by atoms with Gasteiger partial charge in [0.2, 0.25) is 0 Å². The summed E-state index contributed by atoms with van der Waals surface area (Å²) in [5, 5.41) is 10.7. The van der Waals surface area contributed by atoms with Gasteiger partial charge in [0.1, 0.15) is 12.0 Å². The van der Waals surface area contributed by atoms with Crippen LogP contribution in [0.3, 0.4) is 0 Å². The second-order valence-electron chi connectivity index (χ2n) is 6.74. The van der Waals surface area contributed by atoms with Crippen LogP contribution >= 0.6 is 0 Å². The van der Waals surface area contributed by atoms with Crippen LogP contribution in [0.4, 0.5) is 10.1 Å². The summed E-state index contributed by atoms with van der Waals surface area (Å²) in [7, 11) is 0. The fourth-order valence-electron chi connectivity index (χ4n) is 3.58. The maximum absolute atomic E-state index is 13.3. The number of amides is 1. The minimum Gasteiger partial charge on any atom is -0.361 e. The molecule has 2 aromatic carbocycles. The molecule has 5 nitrogen and oxygen atoms in total. The number of benzene rings is 2. The molecule has 0 spiro atoms. The van der Waals surface area contributed by atoms with Crippen molar-refractivity contribution in [3.63, 3.8) is 0 Å². The second-order valence-corrected chi connectivity index (χ2v) is 6.74. The molecule has 1 aliphatic heterocycles. The number of halogens is 1. The normalized spacial score (nSPS) is 19.2. The second kappa shape index (κ2) is 5.69. The monoisotopic (exact) mass is 348 g/mol. The predicted octanol–water partition coefficient (Wildman–Crippen LogP) is 3.94.